The highest BCUT2D eigenvalue weighted by molar-refractivity contribution is 8.18. The topological polar surface area (TPSA) is 42.3 Å². The lowest BCUT2D eigenvalue weighted by Gasteiger charge is -2.25. The Hall–Kier alpha value is -2.27. The molecule has 0 bridgehead atoms. The fourth-order valence-corrected chi connectivity index (χ4v) is 5.68. The maximum atomic E-state index is 13.0. The number of carbonyl (C=O) groups is 2. The smallest absolute Gasteiger partial charge is 0.293 e. The number of benzene rings is 1. The van der Waals surface area contributed by atoms with Gasteiger partial charge in [0, 0.05) is 23.6 Å². The SMILES string of the molecule is Cc1cc(C)cc(-n2c(C)cc(/C=C3/SC(=O)N(CC4CCCCC4)C3=O)c2C)c1. The summed E-state index contributed by atoms with van der Waals surface area (Å²) in [5.41, 5.74) is 6.77. The number of amides is 2. The van der Waals surface area contributed by atoms with E-state index in [0.717, 1.165) is 47.2 Å². The largest absolute Gasteiger partial charge is 0.318 e. The maximum absolute atomic E-state index is 13.0. The Kier molecular flexibility index (Phi) is 5.92. The van der Waals surface area contributed by atoms with Crippen molar-refractivity contribution in [2.45, 2.75) is 59.8 Å². The minimum Gasteiger partial charge on any atom is -0.318 e. The van der Waals surface area contributed by atoms with Gasteiger partial charge in [0.05, 0.1) is 4.91 Å². The second-order valence-electron chi connectivity index (χ2n) is 8.80. The minimum atomic E-state index is -0.133. The fourth-order valence-electron chi connectivity index (χ4n) is 4.84. The van der Waals surface area contributed by atoms with Crippen LogP contribution in [0.25, 0.3) is 11.8 Å². The average molecular weight is 423 g/mol. The van der Waals surface area contributed by atoms with Crippen molar-refractivity contribution < 1.29 is 9.59 Å². The highest BCUT2D eigenvalue weighted by atomic mass is 32.2. The number of aromatic nitrogens is 1. The molecule has 1 saturated heterocycles. The molecule has 1 aromatic heterocycles. The molecule has 1 aliphatic heterocycles. The van der Waals surface area contributed by atoms with E-state index < -0.39 is 0 Å². The molecular formula is C25H30N2O2S. The Balaban J connectivity index is 1.60. The summed E-state index contributed by atoms with van der Waals surface area (Å²) in [6.45, 7) is 8.94. The summed E-state index contributed by atoms with van der Waals surface area (Å²) < 4.78 is 2.22. The summed E-state index contributed by atoms with van der Waals surface area (Å²) in [5, 5.41) is -0.125. The van der Waals surface area contributed by atoms with Crippen molar-refractivity contribution in [2.24, 2.45) is 5.92 Å². The van der Waals surface area contributed by atoms with E-state index in [1.54, 1.807) is 0 Å². The standard InChI is InChI=1S/C25H30N2O2S/c1-16-10-17(2)12-22(11-16)27-18(3)13-21(19(27)4)14-23-24(28)26(25(29)30-23)15-20-8-6-5-7-9-20/h10-14,20H,5-9,15H2,1-4H3/b23-14+. The van der Waals surface area contributed by atoms with Crippen LogP contribution in [0.2, 0.25) is 0 Å². The molecule has 0 radical (unpaired) electrons. The molecular weight excluding hydrogens is 392 g/mol. The first-order valence-electron chi connectivity index (χ1n) is 10.9. The first-order chi connectivity index (χ1) is 14.3. The zero-order chi connectivity index (χ0) is 21.4. The minimum absolute atomic E-state index is 0.125. The summed E-state index contributed by atoms with van der Waals surface area (Å²) in [5.74, 6) is 0.327. The second-order valence-corrected chi connectivity index (χ2v) is 9.80. The van der Waals surface area contributed by atoms with Gasteiger partial charge >= 0.3 is 0 Å². The van der Waals surface area contributed by atoms with Gasteiger partial charge in [0.15, 0.2) is 0 Å². The summed E-state index contributed by atoms with van der Waals surface area (Å²) in [6.07, 6.45) is 7.83. The molecule has 158 valence electrons. The van der Waals surface area contributed by atoms with Crippen LogP contribution >= 0.6 is 11.8 Å². The van der Waals surface area contributed by atoms with Crippen molar-refractivity contribution in [1.29, 1.82) is 0 Å². The van der Waals surface area contributed by atoms with E-state index in [9.17, 15) is 9.59 Å². The van der Waals surface area contributed by atoms with Crippen molar-refractivity contribution in [3.05, 3.63) is 57.2 Å². The number of carbonyl (C=O) groups excluding carboxylic acids is 2. The molecule has 1 aromatic carbocycles. The van der Waals surface area contributed by atoms with E-state index >= 15 is 0 Å². The molecule has 0 unspecified atom stereocenters. The van der Waals surface area contributed by atoms with Gasteiger partial charge in [-0.1, -0.05) is 25.3 Å². The molecule has 4 rings (SSSR count). The van der Waals surface area contributed by atoms with Gasteiger partial charge in [-0.15, -0.1) is 0 Å². The molecule has 2 aromatic rings. The maximum Gasteiger partial charge on any atom is 0.293 e. The van der Waals surface area contributed by atoms with E-state index in [2.05, 4.69) is 56.5 Å². The number of thioether (sulfide) groups is 1. The Morgan fingerprint density at radius 1 is 0.967 bits per heavy atom. The van der Waals surface area contributed by atoms with Crippen molar-refractivity contribution in [2.75, 3.05) is 6.54 Å². The van der Waals surface area contributed by atoms with Crippen LogP contribution in [-0.2, 0) is 4.79 Å². The molecule has 2 fully saturated rings. The molecule has 2 aliphatic rings. The predicted molar refractivity (Wildman–Crippen MR) is 124 cm³/mol. The molecule has 5 heteroatoms. The summed E-state index contributed by atoms with van der Waals surface area (Å²) in [6, 6.07) is 8.62. The Bertz CT molecular complexity index is 1010. The van der Waals surface area contributed by atoms with Gasteiger partial charge in [-0.3, -0.25) is 14.5 Å². The van der Waals surface area contributed by atoms with Crippen LogP contribution in [0, 0.1) is 33.6 Å². The van der Waals surface area contributed by atoms with Crippen LogP contribution < -0.4 is 0 Å². The summed E-state index contributed by atoms with van der Waals surface area (Å²) in [4.78, 5) is 27.5. The molecule has 0 spiro atoms. The van der Waals surface area contributed by atoms with Gasteiger partial charge in [0.25, 0.3) is 11.1 Å². The predicted octanol–water partition coefficient (Wildman–Crippen LogP) is 6.33. The third kappa shape index (κ3) is 4.13. The zero-order valence-corrected chi connectivity index (χ0v) is 19.1. The van der Waals surface area contributed by atoms with Gasteiger partial charge < -0.3 is 4.57 Å². The van der Waals surface area contributed by atoms with E-state index in [4.69, 9.17) is 0 Å². The van der Waals surface area contributed by atoms with Crippen molar-refractivity contribution >= 4 is 29.0 Å². The Morgan fingerprint density at radius 3 is 2.30 bits per heavy atom. The lowest BCUT2D eigenvalue weighted by atomic mass is 9.89. The lowest BCUT2D eigenvalue weighted by Crippen LogP contribution is -2.34. The zero-order valence-electron chi connectivity index (χ0n) is 18.3. The second kappa shape index (κ2) is 8.46. The van der Waals surface area contributed by atoms with Crippen molar-refractivity contribution in [3.8, 4) is 5.69 Å². The highest BCUT2D eigenvalue weighted by Gasteiger charge is 2.36. The average Bonchev–Trinajstić information content (AvgIpc) is 3.11. The van der Waals surface area contributed by atoms with Gasteiger partial charge in [-0.25, -0.2) is 0 Å². The number of nitrogens with zero attached hydrogens (tertiary/aromatic N) is 2. The highest BCUT2D eigenvalue weighted by Crippen LogP contribution is 2.36. The number of imide groups is 1. The molecule has 0 N–H and O–H groups in total. The molecule has 1 aliphatic carbocycles. The Labute approximate surface area is 183 Å². The van der Waals surface area contributed by atoms with Crippen LogP contribution in [0.4, 0.5) is 4.79 Å². The van der Waals surface area contributed by atoms with Gasteiger partial charge in [-0.2, -0.15) is 0 Å². The number of hydrogen-bond acceptors (Lipinski definition) is 3. The van der Waals surface area contributed by atoms with Crippen molar-refractivity contribution in [1.82, 2.24) is 9.47 Å². The van der Waals surface area contributed by atoms with Gasteiger partial charge in [0.2, 0.25) is 0 Å². The fraction of sp³-hybridized carbons (Fsp3) is 0.440. The number of rotatable bonds is 4. The molecule has 0 atom stereocenters. The van der Waals surface area contributed by atoms with Crippen LogP contribution in [-0.4, -0.2) is 27.2 Å². The van der Waals surface area contributed by atoms with E-state index in [1.807, 2.05) is 6.08 Å². The third-order valence-electron chi connectivity index (χ3n) is 6.26. The van der Waals surface area contributed by atoms with E-state index in [-0.39, 0.29) is 11.1 Å². The van der Waals surface area contributed by atoms with E-state index in [0.29, 0.717) is 17.4 Å². The summed E-state index contributed by atoms with van der Waals surface area (Å²) >= 11 is 1.08. The Morgan fingerprint density at radius 2 is 1.63 bits per heavy atom. The molecule has 2 heterocycles. The van der Waals surface area contributed by atoms with Crippen LogP contribution in [0.3, 0.4) is 0 Å². The first-order valence-corrected chi connectivity index (χ1v) is 11.7. The summed E-state index contributed by atoms with van der Waals surface area (Å²) in [7, 11) is 0. The molecule has 30 heavy (non-hydrogen) atoms. The first kappa shape index (κ1) is 21.0. The molecule has 4 nitrogen and oxygen atoms in total. The number of aryl methyl sites for hydroxylation is 3. The van der Waals surface area contributed by atoms with Crippen LogP contribution in [0.5, 0.6) is 0 Å². The van der Waals surface area contributed by atoms with Gasteiger partial charge in [-0.05, 0) is 99.2 Å². The molecule has 2 amide bonds. The number of hydrogen-bond donors (Lipinski definition) is 0. The third-order valence-corrected chi connectivity index (χ3v) is 7.17. The normalized spacial score (nSPS) is 19.3. The van der Waals surface area contributed by atoms with Crippen LogP contribution in [0.1, 0.15) is 60.2 Å². The lowest BCUT2D eigenvalue weighted by molar-refractivity contribution is -0.123. The quantitative estimate of drug-likeness (QED) is 0.541. The van der Waals surface area contributed by atoms with Crippen molar-refractivity contribution in [3.63, 3.8) is 0 Å². The van der Waals surface area contributed by atoms with E-state index in [1.165, 1.54) is 35.3 Å². The van der Waals surface area contributed by atoms with Gasteiger partial charge in [0.1, 0.15) is 0 Å². The monoisotopic (exact) mass is 422 g/mol. The molecule has 1 saturated carbocycles. The van der Waals surface area contributed by atoms with Crippen LogP contribution in [0.15, 0.2) is 29.2 Å².